The summed E-state index contributed by atoms with van der Waals surface area (Å²) < 4.78 is 16.2. The molecule has 0 bridgehead atoms. The van der Waals surface area contributed by atoms with Crippen LogP contribution in [0.25, 0.3) is 0 Å². The second-order valence-electron chi connectivity index (χ2n) is 6.21. The predicted molar refractivity (Wildman–Crippen MR) is 96.8 cm³/mol. The SMILES string of the molecule is CCOc1ccc(NC(=O)[C@@]2(C)Cc3ccccc3C(=O)O2)cc1OC. The minimum atomic E-state index is -1.28. The monoisotopic (exact) mass is 355 g/mol. The third kappa shape index (κ3) is 3.35. The number of cyclic esters (lactones) is 1. The van der Waals surface area contributed by atoms with E-state index in [1.807, 2.05) is 19.1 Å². The topological polar surface area (TPSA) is 73.9 Å². The molecule has 3 rings (SSSR count). The Balaban J connectivity index is 1.81. The Bertz CT molecular complexity index is 848. The molecule has 26 heavy (non-hydrogen) atoms. The molecule has 0 aromatic heterocycles. The Morgan fingerprint density at radius 1 is 1.23 bits per heavy atom. The number of anilines is 1. The first-order valence-corrected chi connectivity index (χ1v) is 8.40. The van der Waals surface area contributed by atoms with Crippen LogP contribution < -0.4 is 14.8 Å². The van der Waals surface area contributed by atoms with Crippen LogP contribution in [0.4, 0.5) is 5.69 Å². The zero-order valence-electron chi connectivity index (χ0n) is 15.0. The van der Waals surface area contributed by atoms with Crippen molar-refractivity contribution < 1.29 is 23.8 Å². The van der Waals surface area contributed by atoms with Gasteiger partial charge in [0.15, 0.2) is 17.1 Å². The Hall–Kier alpha value is -3.02. The van der Waals surface area contributed by atoms with Gasteiger partial charge in [-0.3, -0.25) is 4.79 Å². The third-order valence-corrected chi connectivity index (χ3v) is 4.28. The lowest BCUT2D eigenvalue weighted by molar-refractivity contribution is -0.134. The van der Waals surface area contributed by atoms with Crippen LogP contribution in [0.1, 0.15) is 29.8 Å². The van der Waals surface area contributed by atoms with Crippen molar-refractivity contribution in [3.05, 3.63) is 53.6 Å². The highest BCUT2D eigenvalue weighted by Crippen LogP contribution is 2.32. The number of esters is 1. The van der Waals surface area contributed by atoms with Crippen LogP contribution in [-0.2, 0) is 16.0 Å². The van der Waals surface area contributed by atoms with Crippen LogP contribution >= 0.6 is 0 Å². The molecule has 0 spiro atoms. The predicted octanol–water partition coefficient (Wildman–Crippen LogP) is 3.20. The van der Waals surface area contributed by atoms with Gasteiger partial charge in [-0.25, -0.2) is 4.79 Å². The van der Waals surface area contributed by atoms with Gasteiger partial charge >= 0.3 is 5.97 Å². The molecule has 2 aromatic rings. The number of benzene rings is 2. The van der Waals surface area contributed by atoms with Crippen molar-refractivity contribution in [2.45, 2.75) is 25.9 Å². The van der Waals surface area contributed by atoms with Crippen molar-refractivity contribution in [3.63, 3.8) is 0 Å². The molecule has 1 atom stereocenters. The normalized spacial score (nSPS) is 18.5. The summed E-state index contributed by atoms with van der Waals surface area (Å²) >= 11 is 0. The van der Waals surface area contributed by atoms with E-state index in [1.54, 1.807) is 37.3 Å². The van der Waals surface area contributed by atoms with E-state index in [9.17, 15) is 9.59 Å². The molecule has 0 unspecified atom stereocenters. The Morgan fingerprint density at radius 2 is 2.00 bits per heavy atom. The van der Waals surface area contributed by atoms with E-state index in [2.05, 4.69) is 5.32 Å². The van der Waals surface area contributed by atoms with Crippen LogP contribution in [0, 0.1) is 0 Å². The van der Waals surface area contributed by atoms with Crippen LogP contribution in [0.3, 0.4) is 0 Å². The van der Waals surface area contributed by atoms with Gasteiger partial charge in [-0.05, 0) is 37.6 Å². The summed E-state index contributed by atoms with van der Waals surface area (Å²) in [7, 11) is 1.53. The van der Waals surface area contributed by atoms with Gasteiger partial charge in [0.25, 0.3) is 5.91 Å². The molecule has 1 heterocycles. The van der Waals surface area contributed by atoms with Gasteiger partial charge in [0, 0.05) is 18.2 Å². The van der Waals surface area contributed by atoms with Crippen molar-refractivity contribution >= 4 is 17.6 Å². The van der Waals surface area contributed by atoms with Crippen LogP contribution in [0.5, 0.6) is 11.5 Å². The fourth-order valence-electron chi connectivity index (χ4n) is 2.94. The lowest BCUT2D eigenvalue weighted by atomic mass is 9.89. The van der Waals surface area contributed by atoms with Gasteiger partial charge in [-0.2, -0.15) is 0 Å². The van der Waals surface area contributed by atoms with Gasteiger partial charge in [-0.1, -0.05) is 18.2 Å². The first-order valence-electron chi connectivity index (χ1n) is 8.40. The van der Waals surface area contributed by atoms with Crippen molar-refractivity contribution in [2.75, 3.05) is 19.0 Å². The highest BCUT2D eigenvalue weighted by Gasteiger charge is 2.42. The van der Waals surface area contributed by atoms with Gasteiger partial charge in [0.1, 0.15) is 0 Å². The first kappa shape index (κ1) is 17.8. The summed E-state index contributed by atoms with van der Waals surface area (Å²) in [5.41, 5.74) is 0.551. The molecular weight excluding hydrogens is 334 g/mol. The molecule has 136 valence electrons. The highest BCUT2D eigenvalue weighted by molar-refractivity contribution is 6.02. The summed E-state index contributed by atoms with van der Waals surface area (Å²) in [6.07, 6.45) is 0.314. The summed E-state index contributed by atoms with van der Waals surface area (Å²) in [6, 6.07) is 12.3. The standard InChI is InChI=1S/C20H21NO5/c1-4-25-16-10-9-14(11-17(16)24-3)21-19(23)20(2)12-13-7-5-6-8-15(13)18(22)26-20/h5-11H,4,12H2,1-3H3,(H,21,23)/t20-/m1/s1. The van der Waals surface area contributed by atoms with E-state index in [0.29, 0.717) is 35.8 Å². The van der Waals surface area contributed by atoms with Crippen LogP contribution in [0.2, 0.25) is 0 Å². The lowest BCUT2D eigenvalue weighted by Gasteiger charge is -2.33. The highest BCUT2D eigenvalue weighted by atomic mass is 16.6. The summed E-state index contributed by atoms with van der Waals surface area (Å²) in [5.74, 6) is 0.221. The van der Waals surface area contributed by atoms with Gasteiger partial charge in [0.2, 0.25) is 0 Å². The molecule has 0 saturated heterocycles. The molecule has 0 saturated carbocycles. The van der Waals surface area contributed by atoms with Crippen molar-refractivity contribution in [2.24, 2.45) is 0 Å². The average Bonchev–Trinajstić information content (AvgIpc) is 2.63. The number of carbonyl (C=O) groups is 2. The molecule has 1 aliphatic heterocycles. The Morgan fingerprint density at radius 3 is 2.73 bits per heavy atom. The average molecular weight is 355 g/mol. The number of nitrogens with one attached hydrogen (secondary N) is 1. The number of ether oxygens (including phenoxy) is 3. The summed E-state index contributed by atoms with van der Waals surface area (Å²) in [6.45, 7) is 4.00. The lowest BCUT2D eigenvalue weighted by Crippen LogP contribution is -2.48. The van der Waals surface area contributed by atoms with Crippen LogP contribution in [-0.4, -0.2) is 31.2 Å². The van der Waals surface area contributed by atoms with Crippen LogP contribution in [0.15, 0.2) is 42.5 Å². The number of methoxy groups -OCH3 is 1. The Labute approximate surface area is 152 Å². The quantitative estimate of drug-likeness (QED) is 0.834. The molecule has 1 aliphatic rings. The number of hydrogen-bond acceptors (Lipinski definition) is 5. The molecule has 6 nitrogen and oxygen atoms in total. The second kappa shape index (κ2) is 7.07. The van der Waals surface area contributed by atoms with Gasteiger partial charge < -0.3 is 19.5 Å². The number of amides is 1. The first-order chi connectivity index (χ1) is 12.5. The maximum Gasteiger partial charge on any atom is 0.339 e. The third-order valence-electron chi connectivity index (χ3n) is 4.28. The summed E-state index contributed by atoms with van der Waals surface area (Å²) in [5, 5.41) is 2.80. The second-order valence-corrected chi connectivity index (χ2v) is 6.21. The minimum Gasteiger partial charge on any atom is -0.493 e. The molecule has 2 aromatic carbocycles. The maximum atomic E-state index is 12.8. The fourth-order valence-corrected chi connectivity index (χ4v) is 2.94. The molecule has 1 amide bonds. The summed E-state index contributed by atoms with van der Waals surface area (Å²) in [4.78, 5) is 25.0. The number of hydrogen-bond donors (Lipinski definition) is 1. The van der Waals surface area contributed by atoms with E-state index in [0.717, 1.165) is 5.56 Å². The minimum absolute atomic E-state index is 0.314. The smallest absolute Gasteiger partial charge is 0.339 e. The number of carbonyl (C=O) groups excluding carboxylic acids is 2. The van der Waals surface area contributed by atoms with Gasteiger partial charge in [-0.15, -0.1) is 0 Å². The molecule has 1 N–H and O–H groups in total. The largest absolute Gasteiger partial charge is 0.493 e. The van der Waals surface area contributed by atoms with E-state index in [-0.39, 0.29) is 0 Å². The van der Waals surface area contributed by atoms with Gasteiger partial charge in [0.05, 0.1) is 19.3 Å². The molecule has 0 aliphatic carbocycles. The molecule has 6 heteroatoms. The van der Waals surface area contributed by atoms with Crippen molar-refractivity contribution in [1.29, 1.82) is 0 Å². The van der Waals surface area contributed by atoms with Crippen molar-refractivity contribution in [1.82, 2.24) is 0 Å². The van der Waals surface area contributed by atoms with E-state index < -0.39 is 17.5 Å². The number of rotatable bonds is 5. The molecule has 0 radical (unpaired) electrons. The van der Waals surface area contributed by atoms with Crippen molar-refractivity contribution in [3.8, 4) is 11.5 Å². The fraction of sp³-hybridized carbons (Fsp3) is 0.300. The zero-order chi connectivity index (χ0) is 18.7. The number of fused-ring (bicyclic) bond motifs is 1. The zero-order valence-corrected chi connectivity index (χ0v) is 15.0. The molecular formula is C20H21NO5. The van der Waals surface area contributed by atoms with E-state index >= 15 is 0 Å². The Kier molecular flexibility index (Phi) is 4.84. The van der Waals surface area contributed by atoms with E-state index in [1.165, 1.54) is 7.11 Å². The van der Waals surface area contributed by atoms with E-state index in [4.69, 9.17) is 14.2 Å². The maximum absolute atomic E-state index is 12.8. The molecule has 0 fully saturated rings.